The van der Waals surface area contributed by atoms with E-state index in [1.165, 1.54) is 30.4 Å². The van der Waals surface area contributed by atoms with E-state index in [1.807, 2.05) is 25.9 Å². The highest BCUT2D eigenvalue weighted by molar-refractivity contribution is 6.29. The van der Waals surface area contributed by atoms with E-state index in [0.29, 0.717) is 16.5 Å². The number of anilines is 1. The van der Waals surface area contributed by atoms with Crippen molar-refractivity contribution in [3.63, 3.8) is 0 Å². The van der Waals surface area contributed by atoms with Crippen molar-refractivity contribution in [3.8, 4) is 0 Å². The van der Waals surface area contributed by atoms with Gasteiger partial charge >= 0.3 is 0 Å². The first-order valence-electron chi connectivity index (χ1n) is 8.71. The van der Waals surface area contributed by atoms with Crippen LogP contribution in [-0.2, 0) is 12.8 Å². The maximum absolute atomic E-state index is 12.6. The maximum atomic E-state index is 12.6. The fourth-order valence-electron chi connectivity index (χ4n) is 3.23. The third kappa shape index (κ3) is 4.13. The molecule has 1 aromatic carbocycles. The number of halogens is 1. The van der Waals surface area contributed by atoms with E-state index in [4.69, 9.17) is 11.6 Å². The van der Waals surface area contributed by atoms with Crippen LogP contribution in [0.3, 0.4) is 0 Å². The molecule has 0 aliphatic heterocycles. The summed E-state index contributed by atoms with van der Waals surface area (Å²) >= 11 is 6.05. The molecule has 1 atom stereocenters. The van der Waals surface area contributed by atoms with Gasteiger partial charge in [-0.2, -0.15) is 0 Å². The monoisotopic (exact) mass is 357 g/mol. The second-order valence-electron chi connectivity index (χ2n) is 6.86. The van der Waals surface area contributed by atoms with Gasteiger partial charge < -0.3 is 10.2 Å². The Hall–Kier alpha value is -2.07. The van der Waals surface area contributed by atoms with Crippen LogP contribution < -0.4 is 10.2 Å². The second kappa shape index (κ2) is 7.44. The van der Waals surface area contributed by atoms with Gasteiger partial charge in [-0.05, 0) is 61.4 Å². The fraction of sp³-hybridized carbons (Fsp3) is 0.400. The summed E-state index contributed by atoms with van der Waals surface area (Å²) in [5, 5.41) is 3.39. The molecule has 5 heteroatoms. The Morgan fingerprint density at radius 3 is 2.60 bits per heavy atom. The van der Waals surface area contributed by atoms with Gasteiger partial charge in [0.2, 0.25) is 0 Å². The molecule has 1 amide bonds. The van der Waals surface area contributed by atoms with Crippen LogP contribution in [-0.4, -0.2) is 25.0 Å². The summed E-state index contributed by atoms with van der Waals surface area (Å²) in [7, 11) is 3.74. The molecule has 25 heavy (non-hydrogen) atoms. The molecule has 132 valence electrons. The number of benzene rings is 1. The maximum Gasteiger partial charge on any atom is 0.251 e. The van der Waals surface area contributed by atoms with E-state index >= 15 is 0 Å². The number of hydrogen-bond acceptors (Lipinski definition) is 3. The number of nitrogens with zero attached hydrogens (tertiary/aromatic N) is 2. The van der Waals surface area contributed by atoms with Crippen molar-refractivity contribution in [1.29, 1.82) is 0 Å². The predicted molar refractivity (Wildman–Crippen MR) is 103 cm³/mol. The van der Waals surface area contributed by atoms with Crippen molar-refractivity contribution < 1.29 is 4.79 Å². The Kier molecular flexibility index (Phi) is 5.28. The van der Waals surface area contributed by atoms with Crippen LogP contribution in [0, 0.1) is 0 Å². The molecule has 1 heterocycles. The van der Waals surface area contributed by atoms with Gasteiger partial charge in [0.25, 0.3) is 5.91 Å². The Morgan fingerprint density at radius 2 is 1.88 bits per heavy atom. The molecule has 0 spiro atoms. The number of aryl methyl sites for hydroxylation is 2. The number of nitrogens with one attached hydrogen (secondary N) is 1. The summed E-state index contributed by atoms with van der Waals surface area (Å²) in [4.78, 5) is 18.7. The van der Waals surface area contributed by atoms with E-state index in [-0.39, 0.29) is 11.9 Å². The zero-order chi connectivity index (χ0) is 18.0. The van der Waals surface area contributed by atoms with Crippen molar-refractivity contribution in [2.75, 3.05) is 19.0 Å². The van der Waals surface area contributed by atoms with Crippen LogP contribution in [0.2, 0.25) is 5.15 Å². The van der Waals surface area contributed by atoms with Gasteiger partial charge in [-0.15, -0.1) is 0 Å². The molecule has 0 fully saturated rings. The first kappa shape index (κ1) is 17.7. The first-order chi connectivity index (χ1) is 11.9. The van der Waals surface area contributed by atoms with E-state index in [9.17, 15) is 4.79 Å². The number of rotatable bonds is 4. The smallest absolute Gasteiger partial charge is 0.251 e. The Balaban J connectivity index is 1.76. The van der Waals surface area contributed by atoms with Crippen LogP contribution in [0.25, 0.3) is 0 Å². The highest BCUT2D eigenvalue weighted by Crippen LogP contribution is 2.25. The highest BCUT2D eigenvalue weighted by Gasteiger charge is 2.16. The minimum atomic E-state index is -0.141. The zero-order valence-electron chi connectivity index (χ0n) is 15.0. The molecule has 0 bridgehead atoms. The summed E-state index contributed by atoms with van der Waals surface area (Å²) in [6, 6.07) is 9.86. The van der Waals surface area contributed by atoms with Gasteiger partial charge in [0.1, 0.15) is 11.0 Å². The number of pyridine rings is 1. The topological polar surface area (TPSA) is 45.2 Å². The van der Waals surface area contributed by atoms with Gasteiger partial charge in [-0.1, -0.05) is 29.8 Å². The molecule has 4 nitrogen and oxygen atoms in total. The molecule has 1 aliphatic carbocycles. The molecule has 2 aromatic rings. The minimum absolute atomic E-state index is 0.0607. The molecule has 3 rings (SSSR count). The quantitative estimate of drug-likeness (QED) is 0.835. The van der Waals surface area contributed by atoms with Crippen molar-refractivity contribution in [3.05, 3.63) is 57.7 Å². The summed E-state index contributed by atoms with van der Waals surface area (Å²) in [5.41, 5.74) is 4.53. The Labute approximate surface area is 154 Å². The molecule has 0 saturated heterocycles. The number of amides is 1. The minimum Gasteiger partial charge on any atom is -0.363 e. The van der Waals surface area contributed by atoms with Crippen LogP contribution in [0.1, 0.15) is 52.9 Å². The Bertz CT molecular complexity index is 789. The number of hydrogen-bond donors (Lipinski definition) is 1. The molecule has 1 aromatic heterocycles. The molecular formula is C20H24ClN3O. The lowest BCUT2D eigenvalue weighted by molar-refractivity contribution is 0.0940. The van der Waals surface area contributed by atoms with Gasteiger partial charge in [-0.25, -0.2) is 4.98 Å². The van der Waals surface area contributed by atoms with Crippen LogP contribution in [0.4, 0.5) is 5.82 Å². The van der Waals surface area contributed by atoms with Crippen LogP contribution >= 0.6 is 11.6 Å². The SMILES string of the molecule is CC(NC(=O)c1cc(Cl)nc(N(C)C)c1)c1ccc2c(c1)CCCC2. The van der Waals surface area contributed by atoms with E-state index in [0.717, 1.165) is 12.0 Å². The van der Waals surface area contributed by atoms with E-state index < -0.39 is 0 Å². The second-order valence-corrected chi connectivity index (χ2v) is 7.25. The van der Waals surface area contributed by atoms with Crippen molar-refractivity contribution >= 4 is 23.3 Å². The third-order valence-electron chi connectivity index (χ3n) is 4.72. The highest BCUT2D eigenvalue weighted by atomic mass is 35.5. The number of fused-ring (bicyclic) bond motifs is 1. The summed E-state index contributed by atoms with van der Waals surface area (Å²) in [5.74, 6) is 0.525. The molecule has 1 N–H and O–H groups in total. The molecule has 0 radical (unpaired) electrons. The zero-order valence-corrected chi connectivity index (χ0v) is 15.7. The van der Waals surface area contributed by atoms with Crippen LogP contribution in [0.5, 0.6) is 0 Å². The lowest BCUT2D eigenvalue weighted by atomic mass is 9.89. The molecule has 1 aliphatic rings. The number of carbonyl (C=O) groups is 1. The average Bonchev–Trinajstić information content (AvgIpc) is 2.60. The molecule has 0 saturated carbocycles. The van der Waals surface area contributed by atoms with Gasteiger partial charge in [0.05, 0.1) is 6.04 Å². The Morgan fingerprint density at radius 1 is 1.16 bits per heavy atom. The summed E-state index contributed by atoms with van der Waals surface area (Å²) in [6.07, 6.45) is 4.82. The van der Waals surface area contributed by atoms with E-state index in [1.54, 1.807) is 12.1 Å². The van der Waals surface area contributed by atoms with Crippen LogP contribution in [0.15, 0.2) is 30.3 Å². The van der Waals surface area contributed by atoms with E-state index in [2.05, 4.69) is 28.5 Å². The summed E-state index contributed by atoms with van der Waals surface area (Å²) in [6.45, 7) is 2.01. The average molecular weight is 358 g/mol. The normalized spacial score (nSPS) is 14.6. The number of carbonyl (C=O) groups excluding carboxylic acids is 1. The lowest BCUT2D eigenvalue weighted by Gasteiger charge is -2.20. The summed E-state index contributed by atoms with van der Waals surface area (Å²) < 4.78 is 0. The van der Waals surface area contributed by atoms with Gasteiger partial charge in [-0.3, -0.25) is 4.79 Å². The lowest BCUT2D eigenvalue weighted by Crippen LogP contribution is -2.27. The van der Waals surface area contributed by atoms with Crippen molar-refractivity contribution in [2.24, 2.45) is 0 Å². The molecule has 1 unspecified atom stereocenters. The van der Waals surface area contributed by atoms with Crippen molar-refractivity contribution in [1.82, 2.24) is 10.3 Å². The number of aromatic nitrogens is 1. The van der Waals surface area contributed by atoms with Crippen molar-refractivity contribution in [2.45, 2.75) is 38.6 Å². The van der Waals surface area contributed by atoms with Gasteiger partial charge in [0.15, 0.2) is 0 Å². The standard InChI is InChI=1S/C20H24ClN3O/c1-13(15-9-8-14-6-4-5-7-16(14)10-15)22-20(25)17-11-18(21)23-19(12-17)24(2)3/h8-13H,4-7H2,1-3H3,(H,22,25). The van der Waals surface area contributed by atoms with Gasteiger partial charge in [0, 0.05) is 19.7 Å². The first-order valence-corrected chi connectivity index (χ1v) is 9.09. The predicted octanol–water partition coefficient (Wildman–Crippen LogP) is 4.17. The third-order valence-corrected chi connectivity index (χ3v) is 4.91. The molecular weight excluding hydrogens is 334 g/mol. The fourth-order valence-corrected chi connectivity index (χ4v) is 3.43. The largest absolute Gasteiger partial charge is 0.363 e.